The third-order valence-electron chi connectivity index (χ3n) is 8.87. The zero-order valence-electron chi connectivity index (χ0n) is 18.7. The minimum atomic E-state index is -4.65. The maximum atomic E-state index is 11.1. The Balaban J connectivity index is 0.00000231. The number of rotatable bonds is 3. The van der Waals surface area contributed by atoms with Crippen molar-refractivity contribution in [3.05, 3.63) is 47.8 Å². The van der Waals surface area contributed by atoms with Crippen molar-refractivity contribution in [1.29, 1.82) is 0 Å². The summed E-state index contributed by atoms with van der Waals surface area (Å²) in [6.07, 6.45) is 14.8. The van der Waals surface area contributed by atoms with E-state index in [4.69, 9.17) is 4.18 Å². The molecule has 2 fully saturated rings. The van der Waals surface area contributed by atoms with E-state index in [1.54, 1.807) is 0 Å². The van der Waals surface area contributed by atoms with Crippen LogP contribution < -0.4 is 29.6 Å². The Bertz CT molecular complexity index is 1010. The number of fused-ring (bicyclic) bond motifs is 5. The molecule has 5 nitrogen and oxygen atoms in total. The van der Waals surface area contributed by atoms with Crippen molar-refractivity contribution in [1.82, 2.24) is 4.98 Å². The van der Waals surface area contributed by atoms with Crippen LogP contribution in [0.1, 0.15) is 64.4 Å². The summed E-state index contributed by atoms with van der Waals surface area (Å²) in [5, 5.41) is 0. The van der Waals surface area contributed by atoms with Gasteiger partial charge in [0.1, 0.15) is 0 Å². The van der Waals surface area contributed by atoms with Crippen molar-refractivity contribution in [2.24, 2.45) is 28.6 Å². The van der Waals surface area contributed by atoms with Crippen LogP contribution in [0, 0.1) is 28.6 Å². The molecule has 0 aliphatic heterocycles. The molecule has 1 aromatic heterocycles. The van der Waals surface area contributed by atoms with Gasteiger partial charge in [-0.25, -0.2) is 8.42 Å². The molecule has 0 aromatic carbocycles. The zero-order chi connectivity index (χ0) is 21.1. The van der Waals surface area contributed by atoms with Gasteiger partial charge in [0.2, 0.25) is 10.4 Å². The van der Waals surface area contributed by atoms with Crippen molar-refractivity contribution >= 4 is 16.0 Å². The average Bonchev–Trinajstić information content (AvgIpc) is 3.05. The zero-order valence-corrected chi connectivity index (χ0v) is 21.5. The Kier molecular flexibility index (Phi) is 6.39. The second kappa shape index (κ2) is 8.37. The Morgan fingerprint density at radius 1 is 1.10 bits per heavy atom. The van der Waals surface area contributed by atoms with Gasteiger partial charge in [-0.15, -0.1) is 0 Å². The van der Waals surface area contributed by atoms with Gasteiger partial charge in [-0.05, 0) is 90.7 Å². The molecule has 1 heterocycles. The van der Waals surface area contributed by atoms with E-state index in [9.17, 15) is 13.0 Å². The standard InChI is InChI=1S/C24H31NO4S.Na/c1-23-11-9-18(29-30(26,27)28)14-17(23)5-6-19-21-8-7-20(16-4-3-13-25-15-16)24(21,2)12-10-22(19)23;/h3-5,7,13,15,18-19,21-22H,6,8-12,14H2,1-2H3,(H,26,27,28);/q;+1/p-1/t18-,19-,21-,22-,23-,24+;/m0./s1. The predicted molar refractivity (Wildman–Crippen MR) is 114 cm³/mol. The van der Waals surface area contributed by atoms with Crippen LogP contribution >= 0.6 is 0 Å². The van der Waals surface area contributed by atoms with Crippen molar-refractivity contribution in [2.45, 2.75) is 64.9 Å². The van der Waals surface area contributed by atoms with E-state index in [-0.39, 0.29) is 40.4 Å². The minimum absolute atomic E-state index is 0. The fourth-order valence-corrected chi connectivity index (χ4v) is 7.91. The number of allylic oxidation sites excluding steroid dienone is 3. The van der Waals surface area contributed by atoms with Crippen molar-refractivity contribution in [3.8, 4) is 0 Å². The molecule has 2 saturated carbocycles. The Morgan fingerprint density at radius 2 is 1.87 bits per heavy atom. The summed E-state index contributed by atoms with van der Waals surface area (Å²) in [4.78, 5) is 4.35. The first-order chi connectivity index (χ1) is 14.2. The molecule has 162 valence electrons. The Hall–Kier alpha value is -0.500. The molecule has 5 rings (SSSR count). The normalized spacial score (nSPS) is 39.3. The maximum Gasteiger partial charge on any atom is 1.00 e. The van der Waals surface area contributed by atoms with Gasteiger partial charge >= 0.3 is 29.6 Å². The van der Waals surface area contributed by atoms with Crippen molar-refractivity contribution < 1.29 is 46.7 Å². The number of pyridine rings is 1. The first-order valence-electron chi connectivity index (χ1n) is 11.2. The second-order valence-electron chi connectivity index (χ2n) is 10.2. The van der Waals surface area contributed by atoms with Crippen molar-refractivity contribution in [3.63, 3.8) is 0 Å². The summed E-state index contributed by atoms with van der Waals surface area (Å²) in [7, 11) is -4.65. The van der Waals surface area contributed by atoms with Crippen LogP contribution in [0.25, 0.3) is 5.57 Å². The van der Waals surface area contributed by atoms with Crippen LogP contribution in [0.4, 0.5) is 0 Å². The van der Waals surface area contributed by atoms with E-state index in [2.05, 4.69) is 37.0 Å². The third-order valence-corrected chi connectivity index (χ3v) is 9.37. The fourth-order valence-electron chi connectivity index (χ4n) is 7.41. The molecule has 1 aromatic rings. The van der Waals surface area contributed by atoms with Crippen LogP contribution in [0.15, 0.2) is 42.3 Å². The van der Waals surface area contributed by atoms with Gasteiger partial charge in [0.15, 0.2) is 0 Å². The molecule has 0 unspecified atom stereocenters. The number of hydrogen-bond donors (Lipinski definition) is 0. The van der Waals surface area contributed by atoms with E-state index in [0.717, 1.165) is 19.3 Å². The van der Waals surface area contributed by atoms with E-state index in [1.165, 1.54) is 29.6 Å². The molecule has 0 radical (unpaired) electrons. The van der Waals surface area contributed by atoms with Crippen molar-refractivity contribution in [2.75, 3.05) is 0 Å². The second-order valence-corrected chi connectivity index (χ2v) is 11.2. The number of nitrogens with zero attached hydrogens (tertiary/aromatic N) is 1. The molecule has 0 saturated heterocycles. The smallest absolute Gasteiger partial charge is 0.726 e. The largest absolute Gasteiger partial charge is 1.00 e. The summed E-state index contributed by atoms with van der Waals surface area (Å²) in [6, 6.07) is 4.21. The van der Waals surface area contributed by atoms with Gasteiger partial charge < -0.3 is 4.55 Å². The molecule has 0 spiro atoms. The molecule has 7 heteroatoms. The van der Waals surface area contributed by atoms with Crippen LogP contribution in [0.3, 0.4) is 0 Å². The molecule has 0 N–H and O–H groups in total. The van der Waals surface area contributed by atoms with E-state index >= 15 is 0 Å². The molecule has 0 amide bonds. The van der Waals surface area contributed by atoms with Gasteiger partial charge in [-0.3, -0.25) is 9.17 Å². The van der Waals surface area contributed by atoms with Crippen LogP contribution in [-0.4, -0.2) is 24.1 Å². The van der Waals surface area contributed by atoms with E-state index in [0.29, 0.717) is 30.6 Å². The number of hydrogen-bond acceptors (Lipinski definition) is 5. The molecule has 4 aliphatic carbocycles. The Labute approximate surface area is 208 Å². The maximum absolute atomic E-state index is 11.1. The first kappa shape index (κ1) is 23.7. The third kappa shape index (κ3) is 4.02. The SMILES string of the molecule is C[C@]12CC[C@H](OS(=O)(=O)[O-])CC1=CC[C@@H]1[C@@H]2CC[C@]2(C)C(c3cccnc3)=CC[C@@H]12.[Na+]. The van der Waals surface area contributed by atoms with Gasteiger partial charge in [-0.1, -0.05) is 37.6 Å². The van der Waals surface area contributed by atoms with Crippen LogP contribution in [0.2, 0.25) is 0 Å². The van der Waals surface area contributed by atoms with Gasteiger partial charge in [-0.2, -0.15) is 0 Å². The monoisotopic (exact) mass is 451 g/mol. The minimum Gasteiger partial charge on any atom is -0.726 e. The molecule has 4 aliphatic rings. The van der Waals surface area contributed by atoms with Crippen LogP contribution in [-0.2, 0) is 14.6 Å². The summed E-state index contributed by atoms with van der Waals surface area (Å²) in [6.45, 7) is 4.82. The van der Waals surface area contributed by atoms with Gasteiger partial charge in [0.25, 0.3) is 0 Å². The van der Waals surface area contributed by atoms with E-state index in [1.807, 2.05) is 18.5 Å². The Morgan fingerprint density at radius 3 is 2.58 bits per heavy atom. The van der Waals surface area contributed by atoms with Crippen LogP contribution in [0.5, 0.6) is 0 Å². The summed E-state index contributed by atoms with van der Waals surface area (Å²) in [5.41, 5.74) is 4.33. The predicted octanol–water partition coefficient (Wildman–Crippen LogP) is 1.89. The first-order valence-corrected chi connectivity index (χ1v) is 12.5. The van der Waals surface area contributed by atoms with Gasteiger partial charge in [0, 0.05) is 12.4 Å². The molecular weight excluding hydrogens is 421 g/mol. The summed E-state index contributed by atoms with van der Waals surface area (Å²) >= 11 is 0. The summed E-state index contributed by atoms with van der Waals surface area (Å²) in [5.74, 6) is 1.89. The fraction of sp³-hybridized carbons (Fsp3) is 0.625. The van der Waals surface area contributed by atoms with E-state index < -0.39 is 16.5 Å². The van der Waals surface area contributed by atoms with Gasteiger partial charge in [0.05, 0.1) is 6.10 Å². The molecular formula is C24H30NNaO4S. The summed E-state index contributed by atoms with van der Waals surface area (Å²) < 4.78 is 38.0. The molecule has 6 atom stereocenters. The molecule has 31 heavy (non-hydrogen) atoms. The number of aromatic nitrogens is 1. The topological polar surface area (TPSA) is 79.3 Å². The quantitative estimate of drug-likeness (QED) is 0.304. The molecule has 0 bridgehead atoms. The average molecular weight is 452 g/mol.